The smallest absolute Gasteiger partial charge is 0.508 e. The van der Waals surface area contributed by atoms with Gasteiger partial charge in [0.2, 0.25) is 5.69 Å². The zero-order valence-corrected chi connectivity index (χ0v) is 45.1. The molecule has 13 rings (SSSR count). The fourth-order valence-electron chi connectivity index (χ4n) is 9.66. The normalized spacial score (nSPS) is 13.8. The number of para-hydroxylation sites is 4. The maximum Gasteiger partial charge on any atom is 2.00 e. The van der Waals surface area contributed by atoms with Crippen molar-refractivity contribution < 1.29 is 39.5 Å². The van der Waals surface area contributed by atoms with Gasteiger partial charge >= 0.3 is 27.1 Å². The van der Waals surface area contributed by atoms with Crippen LogP contribution in [0.4, 0.5) is 22.7 Å². The van der Waals surface area contributed by atoms with E-state index in [1.54, 1.807) is 33.5 Å². The van der Waals surface area contributed by atoms with Crippen LogP contribution in [0, 0.1) is 26.0 Å². The number of aromatic nitrogens is 5. The van der Waals surface area contributed by atoms with Crippen molar-refractivity contribution in [2.45, 2.75) is 40.0 Å². The average molecular weight is 1200 g/mol. The first-order valence-electron chi connectivity index (χ1n) is 30.1. The second-order valence-electron chi connectivity index (χ2n) is 19.8. The number of hydrogen-bond acceptors (Lipinski definition) is 5. The van der Waals surface area contributed by atoms with E-state index in [0.717, 1.165) is 44.1 Å². The van der Waals surface area contributed by atoms with Gasteiger partial charge in [0.15, 0.2) is 11.6 Å². The fourth-order valence-corrected chi connectivity index (χ4v) is 9.66. The molecule has 0 aliphatic carbocycles. The number of nitrogens with zero attached hydrogens (tertiary/aromatic N) is 7. The van der Waals surface area contributed by atoms with Gasteiger partial charge in [-0.25, -0.2) is 19.9 Å². The molecular formula is C69H51N7OPt+2. The van der Waals surface area contributed by atoms with Crippen LogP contribution in [-0.4, -0.2) is 30.5 Å². The van der Waals surface area contributed by atoms with Gasteiger partial charge in [0.05, 0.1) is 24.8 Å². The van der Waals surface area contributed by atoms with Crippen molar-refractivity contribution in [2.24, 2.45) is 0 Å². The Labute approximate surface area is 482 Å². The largest absolute Gasteiger partial charge is 2.00 e. The molecule has 9 heteroatoms. The van der Waals surface area contributed by atoms with Gasteiger partial charge < -0.3 is 9.30 Å². The summed E-state index contributed by atoms with van der Waals surface area (Å²) in [5, 5.41) is 1.77. The molecule has 376 valence electrons. The molecular weight excluding hydrogens is 1140 g/mol. The van der Waals surface area contributed by atoms with Crippen LogP contribution in [0.2, 0.25) is 0 Å². The molecule has 1 aliphatic heterocycles. The van der Waals surface area contributed by atoms with E-state index in [1.807, 2.05) is 146 Å². The monoisotopic (exact) mass is 1200 g/mol. The summed E-state index contributed by atoms with van der Waals surface area (Å²) in [6.07, 6.45) is 1.75. The molecule has 0 unspecified atom stereocenters. The molecule has 0 saturated carbocycles. The van der Waals surface area contributed by atoms with Crippen molar-refractivity contribution in [1.29, 1.82) is 0 Å². The van der Waals surface area contributed by atoms with Gasteiger partial charge in [-0.3, -0.25) is 0 Å². The predicted molar refractivity (Wildman–Crippen MR) is 312 cm³/mol. The topological polar surface area (TPSA) is 71.7 Å². The number of rotatable bonds is 10. The fraction of sp³-hybridized carbons (Fsp3) is 0.0870. The molecule has 0 spiro atoms. The summed E-state index contributed by atoms with van der Waals surface area (Å²) >= 11 is 0. The SMILES string of the molecule is [2H]c1c([2H])c([2H])c(-c2cccc(-c3c([2H])c([2H])c([2H])c([2H])c3[2H])c2[N+]2=C=[N+](c3[c-]c(Oc4[c-]c5c(cc4-c4nc(-c6ccc(C)cc6)nc(-c6ccc(C)cc6)n4)c4ccccc4n5-c4ccccn4)cc(C(C)(C)C)c3)c3ccccc32)c([2H])c1[2H].[Pt+2]. The van der Waals surface area contributed by atoms with Crippen molar-refractivity contribution in [1.82, 2.24) is 33.7 Å². The average Bonchev–Trinajstić information content (AvgIpc) is 1.64. The van der Waals surface area contributed by atoms with Crippen LogP contribution in [0.15, 0.2) is 218 Å². The molecule has 78 heavy (non-hydrogen) atoms. The first-order chi connectivity index (χ1) is 41.7. The second-order valence-corrected chi connectivity index (χ2v) is 19.8. The molecule has 1 aliphatic rings. The minimum Gasteiger partial charge on any atom is -0.508 e. The Morgan fingerprint density at radius 2 is 1.13 bits per heavy atom. The first kappa shape index (κ1) is 39.2. The van der Waals surface area contributed by atoms with Gasteiger partial charge in [-0.2, -0.15) is 0 Å². The molecule has 0 fully saturated rings. The minimum absolute atomic E-state index is 0. The van der Waals surface area contributed by atoms with Gasteiger partial charge in [0.1, 0.15) is 17.3 Å². The quantitative estimate of drug-likeness (QED) is 0.101. The van der Waals surface area contributed by atoms with Crippen LogP contribution in [-0.2, 0) is 26.5 Å². The van der Waals surface area contributed by atoms with Crippen LogP contribution in [0.1, 0.15) is 51.2 Å². The molecule has 9 aromatic carbocycles. The third-order valence-electron chi connectivity index (χ3n) is 13.6. The van der Waals surface area contributed by atoms with Crippen molar-refractivity contribution in [2.75, 3.05) is 0 Å². The van der Waals surface area contributed by atoms with Crippen molar-refractivity contribution in [3.8, 4) is 73.7 Å². The van der Waals surface area contributed by atoms with E-state index in [0.29, 0.717) is 51.4 Å². The number of hydrogen-bond donors (Lipinski definition) is 0. The van der Waals surface area contributed by atoms with E-state index in [-0.39, 0.29) is 60.5 Å². The molecule has 3 aromatic heterocycles. The maximum atomic E-state index is 9.21. The Hall–Kier alpha value is -9.19. The molecule has 0 bridgehead atoms. The molecule has 0 N–H and O–H groups in total. The number of benzene rings is 9. The number of aryl methyl sites for hydroxylation is 2. The molecule has 0 atom stereocenters. The summed E-state index contributed by atoms with van der Waals surface area (Å²) < 4.78 is 101. The third-order valence-corrected chi connectivity index (χ3v) is 13.6. The summed E-state index contributed by atoms with van der Waals surface area (Å²) in [6, 6.07) is 53.2. The molecule has 0 radical (unpaired) electrons. The Bertz CT molecular complexity index is 4740. The number of fused-ring (bicyclic) bond motifs is 4. The van der Waals surface area contributed by atoms with E-state index < -0.39 is 65.8 Å². The first-order valence-corrected chi connectivity index (χ1v) is 25.1. The maximum absolute atomic E-state index is 9.21. The number of pyridine rings is 1. The second kappa shape index (κ2) is 20.4. The van der Waals surface area contributed by atoms with Crippen molar-refractivity contribution in [3.05, 3.63) is 247 Å². The van der Waals surface area contributed by atoms with E-state index in [4.69, 9.17) is 32.9 Å². The van der Waals surface area contributed by atoms with Crippen LogP contribution >= 0.6 is 0 Å². The van der Waals surface area contributed by atoms with E-state index in [9.17, 15) is 5.48 Å². The van der Waals surface area contributed by atoms with Crippen molar-refractivity contribution in [3.63, 3.8) is 0 Å². The Morgan fingerprint density at radius 1 is 0.551 bits per heavy atom. The molecule has 12 aromatic rings. The van der Waals surface area contributed by atoms with Gasteiger partial charge in [0.25, 0.3) is 11.4 Å². The Balaban J connectivity index is 0.00000754. The standard InChI is InChI=1S/C69H51N7O.Pt/c1-45-30-34-49(35-31-45)66-71-67(50-36-32-46(2)33-37-50)73-68(72-66)58-42-57-56-23-12-13-26-59(56)76(64-29-16-17-38-70-64)62(57)43-63(58)77-53-40-51(69(3,4)5)39-52(41-53)74-44-75(61-28-15-14-27-60(61)74)65-54(47-19-8-6-9-20-47)24-18-25-55(65)48-21-10-7-11-22-48;/h6-40,42H,1-5H3;/q;+2/i6D,7D,8D,9D,10D,11D,19D,20D,21D,22D;. The summed E-state index contributed by atoms with van der Waals surface area (Å²) in [5.41, 5.74) is 7.68. The third kappa shape index (κ3) is 9.26. The minimum atomic E-state index is -0.590. The van der Waals surface area contributed by atoms with E-state index >= 15 is 0 Å². The van der Waals surface area contributed by atoms with Gasteiger partial charge in [0, 0.05) is 46.5 Å². The predicted octanol–water partition coefficient (Wildman–Crippen LogP) is 16.9. The van der Waals surface area contributed by atoms with Gasteiger partial charge in [-0.1, -0.05) is 206 Å². The van der Waals surface area contributed by atoms with Crippen molar-refractivity contribution >= 4 is 50.6 Å². The Morgan fingerprint density at radius 3 is 1.73 bits per heavy atom. The zero-order valence-electron chi connectivity index (χ0n) is 52.9. The summed E-state index contributed by atoms with van der Waals surface area (Å²) in [4.78, 5) is 20.3. The van der Waals surface area contributed by atoms with Crippen LogP contribution < -0.4 is 13.9 Å². The van der Waals surface area contributed by atoms with Crippen LogP contribution in [0.5, 0.6) is 11.5 Å². The summed E-state index contributed by atoms with van der Waals surface area (Å²) in [6.45, 7) is 10.3. The van der Waals surface area contributed by atoms with Crippen LogP contribution in [0.25, 0.3) is 84.0 Å². The van der Waals surface area contributed by atoms with E-state index in [2.05, 4.69) is 45.0 Å². The van der Waals surface area contributed by atoms with Gasteiger partial charge in [-0.05, 0) is 76.2 Å². The summed E-state index contributed by atoms with van der Waals surface area (Å²) in [7, 11) is 0. The zero-order chi connectivity index (χ0) is 60.9. The summed E-state index contributed by atoms with van der Waals surface area (Å²) in [5.74, 6) is 2.43. The molecule has 0 saturated heterocycles. The van der Waals surface area contributed by atoms with E-state index in [1.165, 1.54) is 0 Å². The number of ether oxygens (including phenoxy) is 1. The molecule has 4 heterocycles. The van der Waals surface area contributed by atoms with Gasteiger partial charge in [-0.15, -0.1) is 29.1 Å². The molecule has 8 nitrogen and oxygen atoms in total. The van der Waals surface area contributed by atoms with Crippen LogP contribution in [0.3, 0.4) is 0 Å². The molecule has 0 amide bonds. The Kier molecular flexibility index (Phi) is 10.3.